The minimum atomic E-state index is -0.294. The monoisotopic (exact) mass is 185 g/mol. The maximum Gasteiger partial charge on any atom is 0.407 e. The summed E-state index contributed by atoms with van der Waals surface area (Å²) in [5.41, 5.74) is 0. The Hall–Kier alpha value is -0.730. The molecule has 2 atom stereocenters. The molecule has 0 unspecified atom stereocenters. The molecule has 1 aliphatic rings. The quantitative estimate of drug-likeness (QED) is 0.716. The van der Waals surface area contributed by atoms with Gasteiger partial charge in [0.25, 0.3) is 0 Å². The third-order valence-electron chi connectivity index (χ3n) is 2.82. The van der Waals surface area contributed by atoms with Gasteiger partial charge in [-0.25, -0.2) is 4.79 Å². The van der Waals surface area contributed by atoms with Crippen LogP contribution in [0.4, 0.5) is 4.79 Å². The van der Waals surface area contributed by atoms with Crippen LogP contribution in [0.25, 0.3) is 0 Å². The van der Waals surface area contributed by atoms with E-state index >= 15 is 0 Å². The molecule has 13 heavy (non-hydrogen) atoms. The topological polar surface area (TPSA) is 38.3 Å². The van der Waals surface area contributed by atoms with E-state index in [1.54, 1.807) is 7.05 Å². The molecule has 1 amide bonds. The zero-order valence-electron chi connectivity index (χ0n) is 8.67. The zero-order chi connectivity index (χ0) is 9.84. The summed E-state index contributed by atoms with van der Waals surface area (Å²) < 4.78 is 5.28. The first-order valence-corrected chi connectivity index (χ1v) is 5.03. The van der Waals surface area contributed by atoms with E-state index in [1.165, 1.54) is 12.8 Å². The molecule has 0 bridgehead atoms. The Morgan fingerprint density at radius 2 is 2.15 bits per heavy atom. The van der Waals surface area contributed by atoms with Crippen LogP contribution in [0.2, 0.25) is 0 Å². The van der Waals surface area contributed by atoms with Crippen LogP contribution in [0.3, 0.4) is 0 Å². The number of alkyl carbamates (subject to hydrolysis) is 1. The van der Waals surface area contributed by atoms with Crippen molar-refractivity contribution in [1.29, 1.82) is 0 Å². The van der Waals surface area contributed by atoms with Gasteiger partial charge in [-0.15, -0.1) is 0 Å². The molecule has 3 nitrogen and oxygen atoms in total. The second-order valence-electron chi connectivity index (χ2n) is 4.03. The predicted octanol–water partition coefficient (Wildman–Crippen LogP) is 2.17. The van der Waals surface area contributed by atoms with Gasteiger partial charge in [0, 0.05) is 7.05 Å². The molecule has 0 aromatic heterocycles. The molecule has 0 aromatic carbocycles. The lowest BCUT2D eigenvalue weighted by molar-refractivity contribution is 0.0639. The number of carbonyl (C=O) groups is 1. The molecular weight excluding hydrogens is 166 g/mol. The molecule has 3 heteroatoms. The van der Waals surface area contributed by atoms with Crippen LogP contribution in [-0.2, 0) is 4.74 Å². The highest BCUT2D eigenvalue weighted by atomic mass is 16.6. The highest BCUT2D eigenvalue weighted by Gasteiger charge is 2.32. The van der Waals surface area contributed by atoms with E-state index in [9.17, 15) is 4.79 Å². The Labute approximate surface area is 79.8 Å². The van der Waals surface area contributed by atoms with Gasteiger partial charge in [0.15, 0.2) is 0 Å². The van der Waals surface area contributed by atoms with Crippen molar-refractivity contribution in [1.82, 2.24) is 5.32 Å². The summed E-state index contributed by atoms with van der Waals surface area (Å²) >= 11 is 0. The molecule has 0 aliphatic heterocycles. The highest BCUT2D eigenvalue weighted by molar-refractivity contribution is 5.66. The first kappa shape index (κ1) is 10.4. The standard InChI is InChI=1S/C10H19NO2/c1-7(2)8-5-4-6-9(8)13-10(12)11-3/h7-9H,4-6H2,1-3H3,(H,11,12)/t8-,9-/m1/s1. The average molecular weight is 185 g/mol. The van der Waals surface area contributed by atoms with Crippen molar-refractivity contribution in [3.8, 4) is 0 Å². The smallest absolute Gasteiger partial charge is 0.407 e. The molecule has 0 saturated heterocycles. The molecule has 0 aromatic rings. The second kappa shape index (κ2) is 4.49. The number of carbonyl (C=O) groups excluding carboxylic acids is 1. The first-order valence-electron chi connectivity index (χ1n) is 5.03. The van der Waals surface area contributed by atoms with Gasteiger partial charge in [-0.1, -0.05) is 13.8 Å². The van der Waals surface area contributed by atoms with Crippen molar-refractivity contribution in [2.24, 2.45) is 11.8 Å². The summed E-state index contributed by atoms with van der Waals surface area (Å²) in [6, 6.07) is 0. The number of rotatable bonds is 2. The van der Waals surface area contributed by atoms with Crippen LogP contribution < -0.4 is 5.32 Å². The van der Waals surface area contributed by atoms with Crippen molar-refractivity contribution >= 4 is 6.09 Å². The minimum absolute atomic E-state index is 0.139. The van der Waals surface area contributed by atoms with Crippen LogP contribution in [0.1, 0.15) is 33.1 Å². The second-order valence-corrected chi connectivity index (χ2v) is 4.03. The maximum atomic E-state index is 11.0. The van der Waals surface area contributed by atoms with E-state index in [0.29, 0.717) is 11.8 Å². The zero-order valence-corrected chi connectivity index (χ0v) is 8.67. The van der Waals surface area contributed by atoms with Gasteiger partial charge in [0.1, 0.15) is 6.10 Å². The summed E-state index contributed by atoms with van der Waals surface area (Å²) in [7, 11) is 1.60. The third-order valence-corrected chi connectivity index (χ3v) is 2.82. The van der Waals surface area contributed by atoms with Crippen LogP contribution in [0.15, 0.2) is 0 Å². The summed E-state index contributed by atoms with van der Waals surface area (Å²) in [4.78, 5) is 11.0. The van der Waals surface area contributed by atoms with Gasteiger partial charge in [-0.2, -0.15) is 0 Å². The fourth-order valence-electron chi connectivity index (χ4n) is 2.06. The largest absolute Gasteiger partial charge is 0.446 e. The Kier molecular flexibility index (Phi) is 3.58. The van der Waals surface area contributed by atoms with Crippen molar-refractivity contribution < 1.29 is 9.53 Å². The predicted molar refractivity (Wildman–Crippen MR) is 51.5 cm³/mol. The van der Waals surface area contributed by atoms with E-state index in [2.05, 4.69) is 19.2 Å². The lowest BCUT2D eigenvalue weighted by Gasteiger charge is -2.22. The third kappa shape index (κ3) is 2.61. The minimum Gasteiger partial charge on any atom is -0.446 e. The summed E-state index contributed by atoms with van der Waals surface area (Å²) in [6.07, 6.45) is 3.25. The molecule has 0 radical (unpaired) electrons. The van der Waals surface area contributed by atoms with Gasteiger partial charge in [-0.05, 0) is 31.1 Å². The molecule has 0 heterocycles. The van der Waals surface area contributed by atoms with Crippen molar-refractivity contribution in [3.63, 3.8) is 0 Å². The Morgan fingerprint density at radius 3 is 2.69 bits per heavy atom. The molecule has 1 fully saturated rings. The molecule has 0 spiro atoms. The molecule has 1 aliphatic carbocycles. The Balaban J connectivity index is 2.44. The molecule has 76 valence electrons. The fraction of sp³-hybridized carbons (Fsp3) is 0.900. The van der Waals surface area contributed by atoms with Gasteiger partial charge in [-0.3, -0.25) is 0 Å². The van der Waals surface area contributed by atoms with Crippen LogP contribution in [0.5, 0.6) is 0 Å². The van der Waals surface area contributed by atoms with Crippen molar-refractivity contribution in [2.45, 2.75) is 39.2 Å². The van der Waals surface area contributed by atoms with Gasteiger partial charge < -0.3 is 10.1 Å². The van der Waals surface area contributed by atoms with Crippen LogP contribution in [-0.4, -0.2) is 19.2 Å². The Morgan fingerprint density at radius 1 is 1.46 bits per heavy atom. The van der Waals surface area contributed by atoms with E-state index < -0.39 is 0 Å². The van der Waals surface area contributed by atoms with E-state index in [1.807, 2.05) is 0 Å². The number of hydrogen-bond acceptors (Lipinski definition) is 2. The number of ether oxygens (including phenoxy) is 1. The van der Waals surface area contributed by atoms with Crippen molar-refractivity contribution in [2.75, 3.05) is 7.05 Å². The lowest BCUT2D eigenvalue weighted by atomic mass is 9.92. The summed E-state index contributed by atoms with van der Waals surface area (Å²) in [5, 5.41) is 2.49. The van der Waals surface area contributed by atoms with Crippen molar-refractivity contribution in [3.05, 3.63) is 0 Å². The number of hydrogen-bond donors (Lipinski definition) is 1. The number of amides is 1. The molecule has 1 N–H and O–H groups in total. The molecular formula is C10H19NO2. The average Bonchev–Trinajstić information content (AvgIpc) is 2.52. The highest BCUT2D eigenvalue weighted by Crippen LogP contribution is 2.33. The van der Waals surface area contributed by atoms with E-state index in [4.69, 9.17) is 4.74 Å². The molecule has 1 rings (SSSR count). The van der Waals surface area contributed by atoms with Gasteiger partial charge >= 0.3 is 6.09 Å². The van der Waals surface area contributed by atoms with Crippen LogP contribution in [0, 0.1) is 11.8 Å². The summed E-state index contributed by atoms with van der Waals surface area (Å²) in [6.45, 7) is 4.38. The summed E-state index contributed by atoms with van der Waals surface area (Å²) in [5.74, 6) is 1.16. The maximum absolute atomic E-state index is 11.0. The number of nitrogens with one attached hydrogen (secondary N) is 1. The van der Waals surface area contributed by atoms with Crippen LogP contribution >= 0.6 is 0 Å². The SMILES string of the molecule is CNC(=O)O[C@@H]1CCC[C@@H]1C(C)C. The fourth-order valence-corrected chi connectivity index (χ4v) is 2.06. The van der Waals surface area contributed by atoms with Gasteiger partial charge in [0.2, 0.25) is 0 Å². The van der Waals surface area contributed by atoms with E-state index in [-0.39, 0.29) is 12.2 Å². The van der Waals surface area contributed by atoms with Gasteiger partial charge in [0.05, 0.1) is 0 Å². The van der Waals surface area contributed by atoms with E-state index in [0.717, 1.165) is 6.42 Å². The first-order chi connectivity index (χ1) is 6.15. The molecule has 1 saturated carbocycles. The lowest BCUT2D eigenvalue weighted by Crippen LogP contribution is -2.30. The normalized spacial score (nSPS) is 27.7. The Bertz CT molecular complexity index is 180.